The third kappa shape index (κ3) is 5.03. The molecule has 3 rings (SSSR count). The van der Waals surface area contributed by atoms with Crippen LogP contribution in [0.1, 0.15) is 17.0 Å². The summed E-state index contributed by atoms with van der Waals surface area (Å²) < 4.78 is 8.61. The summed E-state index contributed by atoms with van der Waals surface area (Å²) in [5, 5.41) is 7.27. The first kappa shape index (κ1) is 19.7. The maximum Gasteiger partial charge on any atom is 0.290 e. The van der Waals surface area contributed by atoms with E-state index < -0.39 is 0 Å². The van der Waals surface area contributed by atoms with Crippen LogP contribution in [0.5, 0.6) is 0 Å². The van der Waals surface area contributed by atoms with Crippen LogP contribution in [0.25, 0.3) is 17.1 Å². The van der Waals surface area contributed by atoms with Gasteiger partial charge in [-0.25, -0.2) is 9.67 Å². The molecule has 2 aromatic carbocycles. The van der Waals surface area contributed by atoms with Crippen molar-refractivity contribution >= 4 is 37.8 Å². The van der Waals surface area contributed by atoms with Gasteiger partial charge >= 0.3 is 0 Å². The summed E-state index contributed by atoms with van der Waals surface area (Å²) >= 11 is 6.87. The van der Waals surface area contributed by atoms with E-state index in [0.29, 0.717) is 19.0 Å². The molecule has 0 unspecified atom stereocenters. The Hall–Kier alpha value is -2.03. The Morgan fingerprint density at radius 2 is 1.70 bits per heavy atom. The molecule has 0 spiro atoms. The number of ether oxygens (including phenoxy) is 1. The van der Waals surface area contributed by atoms with Crippen molar-refractivity contribution in [1.82, 2.24) is 20.1 Å². The van der Waals surface area contributed by atoms with Crippen molar-refractivity contribution < 1.29 is 9.53 Å². The molecular weight excluding hydrogens is 476 g/mol. The van der Waals surface area contributed by atoms with Gasteiger partial charge < -0.3 is 10.1 Å². The molecule has 0 aliphatic carbocycles. The predicted molar refractivity (Wildman–Crippen MR) is 111 cm³/mol. The molecule has 1 N–H and O–H groups in total. The van der Waals surface area contributed by atoms with Crippen LogP contribution in [0, 0.1) is 0 Å². The van der Waals surface area contributed by atoms with Gasteiger partial charge in [-0.3, -0.25) is 4.79 Å². The highest BCUT2D eigenvalue weighted by atomic mass is 79.9. The Morgan fingerprint density at radius 1 is 1.07 bits per heavy atom. The lowest BCUT2D eigenvalue weighted by molar-refractivity contribution is 0.0938. The fraction of sp³-hybridized carbons (Fsp3) is 0.211. The predicted octanol–water partition coefficient (Wildman–Crippen LogP) is 4.23. The fourth-order valence-corrected chi connectivity index (χ4v) is 2.98. The van der Waals surface area contributed by atoms with Crippen LogP contribution in [0.3, 0.4) is 0 Å². The number of amides is 1. The maximum absolute atomic E-state index is 12.4. The van der Waals surface area contributed by atoms with E-state index in [-0.39, 0.29) is 11.7 Å². The van der Waals surface area contributed by atoms with Crippen LogP contribution in [-0.4, -0.2) is 40.9 Å². The molecule has 0 aliphatic rings. The molecule has 8 heteroatoms. The number of carbonyl (C=O) groups excluding carboxylic acids is 1. The lowest BCUT2D eigenvalue weighted by atomic mass is 10.2. The lowest BCUT2D eigenvalue weighted by Crippen LogP contribution is -2.26. The first-order valence-corrected chi connectivity index (χ1v) is 9.93. The van der Waals surface area contributed by atoms with Crippen LogP contribution >= 0.6 is 31.9 Å². The number of nitrogens with one attached hydrogen (secondary N) is 1. The summed E-state index contributed by atoms with van der Waals surface area (Å²) in [6, 6.07) is 15.4. The van der Waals surface area contributed by atoms with Gasteiger partial charge in [0.2, 0.25) is 5.82 Å². The Bertz CT molecular complexity index is 845. The summed E-state index contributed by atoms with van der Waals surface area (Å²) in [6.07, 6.45) is 0.731. The van der Waals surface area contributed by atoms with E-state index in [4.69, 9.17) is 4.74 Å². The quantitative estimate of drug-likeness (QED) is 0.500. The monoisotopic (exact) mass is 492 g/mol. The van der Waals surface area contributed by atoms with Gasteiger partial charge in [0.05, 0.1) is 5.69 Å². The second-order valence-corrected chi connectivity index (χ2v) is 7.59. The van der Waals surface area contributed by atoms with Crippen LogP contribution in [0.2, 0.25) is 0 Å². The first-order chi connectivity index (χ1) is 13.1. The van der Waals surface area contributed by atoms with E-state index in [1.54, 1.807) is 11.8 Å². The third-order valence-electron chi connectivity index (χ3n) is 3.79. The molecule has 1 amide bonds. The average Bonchev–Trinajstić information content (AvgIpc) is 3.12. The van der Waals surface area contributed by atoms with Crippen LogP contribution in [-0.2, 0) is 4.74 Å². The average molecular weight is 494 g/mol. The molecule has 1 heterocycles. The Morgan fingerprint density at radius 3 is 2.33 bits per heavy atom. The molecule has 3 aromatic rings. The van der Waals surface area contributed by atoms with Gasteiger partial charge in [0.1, 0.15) is 0 Å². The summed E-state index contributed by atoms with van der Waals surface area (Å²) in [4.78, 5) is 16.9. The van der Waals surface area contributed by atoms with Gasteiger partial charge in [-0.1, -0.05) is 44.0 Å². The molecule has 1 aromatic heterocycles. The van der Waals surface area contributed by atoms with Crippen molar-refractivity contribution in [2.75, 3.05) is 20.3 Å². The van der Waals surface area contributed by atoms with Crippen LogP contribution < -0.4 is 5.32 Å². The van der Waals surface area contributed by atoms with E-state index in [0.717, 1.165) is 26.6 Å². The largest absolute Gasteiger partial charge is 0.385 e. The number of nitrogens with zero attached hydrogens (tertiary/aromatic N) is 3. The number of hydrogen-bond acceptors (Lipinski definition) is 4. The highest BCUT2D eigenvalue weighted by molar-refractivity contribution is 9.10. The zero-order valence-corrected chi connectivity index (χ0v) is 17.8. The topological polar surface area (TPSA) is 69.0 Å². The normalized spacial score (nSPS) is 10.8. The highest BCUT2D eigenvalue weighted by Crippen LogP contribution is 2.24. The summed E-state index contributed by atoms with van der Waals surface area (Å²) in [6.45, 7) is 1.10. The number of benzene rings is 2. The molecule has 140 valence electrons. The van der Waals surface area contributed by atoms with Gasteiger partial charge in [0.25, 0.3) is 5.91 Å². The van der Waals surface area contributed by atoms with E-state index in [9.17, 15) is 4.79 Å². The molecule has 6 nitrogen and oxygen atoms in total. The van der Waals surface area contributed by atoms with Crippen molar-refractivity contribution in [2.45, 2.75) is 6.42 Å². The van der Waals surface area contributed by atoms with E-state index in [2.05, 4.69) is 47.3 Å². The minimum Gasteiger partial charge on any atom is -0.385 e. The Kier molecular flexibility index (Phi) is 6.76. The standard InChI is InChI=1S/C19H18Br2N4O2/c1-27-12-2-11-22-19(26)17-23-18(13-3-5-14(20)6-4-13)25(24-17)16-9-7-15(21)8-10-16/h3-10H,2,11-12H2,1H3,(H,22,26). The summed E-state index contributed by atoms with van der Waals surface area (Å²) in [5.41, 5.74) is 1.69. The number of hydrogen-bond donors (Lipinski definition) is 1. The van der Waals surface area contributed by atoms with Gasteiger partial charge in [0, 0.05) is 34.8 Å². The molecule has 0 bridgehead atoms. The zero-order valence-electron chi connectivity index (χ0n) is 14.7. The molecule has 0 saturated heterocycles. The SMILES string of the molecule is COCCCNC(=O)c1nc(-c2ccc(Br)cc2)n(-c2ccc(Br)cc2)n1. The second kappa shape index (κ2) is 9.25. The van der Waals surface area contributed by atoms with Crippen molar-refractivity contribution in [3.63, 3.8) is 0 Å². The van der Waals surface area contributed by atoms with Gasteiger partial charge in [-0.2, -0.15) is 0 Å². The number of halogens is 2. The number of methoxy groups -OCH3 is 1. The lowest BCUT2D eigenvalue weighted by Gasteiger charge is -2.06. The Labute approximate surface area is 174 Å². The van der Waals surface area contributed by atoms with Crippen molar-refractivity contribution in [3.05, 3.63) is 63.3 Å². The molecule has 0 atom stereocenters. The number of aromatic nitrogens is 3. The highest BCUT2D eigenvalue weighted by Gasteiger charge is 2.18. The second-order valence-electron chi connectivity index (χ2n) is 5.76. The van der Waals surface area contributed by atoms with Crippen molar-refractivity contribution in [3.8, 4) is 17.1 Å². The molecule has 27 heavy (non-hydrogen) atoms. The molecule has 0 saturated carbocycles. The third-order valence-corrected chi connectivity index (χ3v) is 4.85. The van der Waals surface area contributed by atoms with Crippen molar-refractivity contribution in [1.29, 1.82) is 0 Å². The fourth-order valence-electron chi connectivity index (χ4n) is 2.45. The number of rotatable bonds is 7. The number of carbonyl (C=O) groups is 1. The van der Waals surface area contributed by atoms with E-state index >= 15 is 0 Å². The van der Waals surface area contributed by atoms with E-state index in [1.807, 2.05) is 48.5 Å². The molecule has 0 radical (unpaired) electrons. The maximum atomic E-state index is 12.4. The van der Waals surface area contributed by atoms with E-state index in [1.165, 1.54) is 0 Å². The molecule has 0 fully saturated rings. The Balaban J connectivity index is 1.94. The molecular formula is C19H18Br2N4O2. The molecule has 0 aliphatic heterocycles. The van der Waals surface area contributed by atoms with Gasteiger partial charge in [0.15, 0.2) is 5.82 Å². The summed E-state index contributed by atoms with van der Waals surface area (Å²) in [7, 11) is 1.63. The van der Waals surface area contributed by atoms with Crippen molar-refractivity contribution in [2.24, 2.45) is 0 Å². The van der Waals surface area contributed by atoms with Crippen LogP contribution in [0.4, 0.5) is 0 Å². The minimum atomic E-state index is -0.305. The minimum absolute atomic E-state index is 0.133. The summed E-state index contributed by atoms with van der Waals surface area (Å²) in [5.74, 6) is 0.431. The van der Waals surface area contributed by atoms with Crippen LogP contribution in [0.15, 0.2) is 57.5 Å². The van der Waals surface area contributed by atoms with Gasteiger partial charge in [-0.05, 0) is 42.8 Å². The smallest absolute Gasteiger partial charge is 0.290 e. The first-order valence-electron chi connectivity index (χ1n) is 8.34. The van der Waals surface area contributed by atoms with Gasteiger partial charge in [-0.15, -0.1) is 5.10 Å². The zero-order chi connectivity index (χ0) is 19.2.